The molecule has 1 N–H and O–H groups in total. The molecule has 0 radical (unpaired) electrons. The minimum Gasteiger partial charge on any atom is -0.497 e. The van der Waals surface area contributed by atoms with Crippen molar-refractivity contribution in [2.75, 3.05) is 32.5 Å². The lowest BCUT2D eigenvalue weighted by Gasteiger charge is -2.38. The molecule has 2 aromatic heterocycles. The van der Waals surface area contributed by atoms with Crippen LogP contribution in [0.4, 0.5) is 4.39 Å². The van der Waals surface area contributed by atoms with E-state index in [0.717, 1.165) is 47.8 Å². The van der Waals surface area contributed by atoms with Gasteiger partial charge in [-0.2, -0.15) is 0 Å². The number of halogens is 1. The van der Waals surface area contributed by atoms with Crippen molar-refractivity contribution in [3.63, 3.8) is 0 Å². The summed E-state index contributed by atoms with van der Waals surface area (Å²) in [7, 11) is 1.59. The highest BCUT2D eigenvalue weighted by Crippen LogP contribution is 2.36. The maximum absolute atomic E-state index is 15.4. The summed E-state index contributed by atoms with van der Waals surface area (Å²) < 4.78 is 26.1. The number of alkyl halides is 1. The quantitative estimate of drug-likeness (QED) is 0.342. The number of pyridine rings is 1. The van der Waals surface area contributed by atoms with Crippen molar-refractivity contribution in [3.05, 3.63) is 54.4 Å². The maximum Gasteiger partial charge on any atom is 0.303 e. The standard InChI is InChI=1S/C26H31FN2O4S/c1-32-20-5-7-24-22(16-20)21(8-10-28-24)23(27)6-4-18-9-11-29(17-19(18)15-25(30)31)12-14-34-26-3-2-13-33-26/h2-3,5,7-8,10,13,16,18-19,23H,4,6,9,11-12,14-15,17H2,1H3,(H,30,31)/t18-,19+,23?/m1/s1. The summed E-state index contributed by atoms with van der Waals surface area (Å²) in [6, 6.07) is 11.0. The van der Waals surface area contributed by atoms with Gasteiger partial charge in [0.2, 0.25) is 0 Å². The molecule has 3 aromatic rings. The molecule has 8 heteroatoms. The number of carboxylic acid groups (broad SMARTS) is 1. The van der Waals surface area contributed by atoms with Crippen LogP contribution < -0.4 is 4.74 Å². The average Bonchev–Trinajstić information content (AvgIpc) is 3.36. The van der Waals surface area contributed by atoms with Crippen LogP contribution in [0.25, 0.3) is 10.9 Å². The number of fused-ring (bicyclic) bond motifs is 1. The minimum atomic E-state index is -1.13. The molecule has 1 aliphatic rings. The second-order valence-corrected chi connectivity index (χ2v) is 9.92. The van der Waals surface area contributed by atoms with Gasteiger partial charge in [-0.15, -0.1) is 0 Å². The van der Waals surface area contributed by atoms with Gasteiger partial charge in [0.05, 0.1) is 18.9 Å². The Morgan fingerprint density at radius 3 is 3.00 bits per heavy atom. The highest BCUT2D eigenvalue weighted by atomic mass is 32.2. The van der Waals surface area contributed by atoms with Crippen molar-refractivity contribution in [2.24, 2.45) is 11.8 Å². The molecule has 34 heavy (non-hydrogen) atoms. The van der Waals surface area contributed by atoms with Gasteiger partial charge in [0.15, 0.2) is 5.09 Å². The van der Waals surface area contributed by atoms with Crippen LogP contribution in [0.5, 0.6) is 5.75 Å². The van der Waals surface area contributed by atoms with Crippen molar-refractivity contribution >= 4 is 28.6 Å². The van der Waals surface area contributed by atoms with Crippen LogP contribution in [0.15, 0.2) is 58.4 Å². The molecule has 1 aliphatic heterocycles. The highest BCUT2D eigenvalue weighted by molar-refractivity contribution is 7.99. The number of furan rings is 1. The van der Waals surface area contributed by atoms with Gasteiger partial charge in [-0.05, 0) is 79.6 Å². The van der Waals surface area contributed by atoms with E-state index >= 15 is 4.39 Å². The monoisotopic (exact) mass is 486 g/mol. The molecule has 1 saturated heterocycles. The van der Waals surface area contributed by atoms with E-state index in [9.17, 15) is 9.90 Å². The van der Waals surface area contributed by atoms with Gasteiger partial charge in [0.1, 0.15) is 11.9 Å². The fourth-order valence-electron chi connectivity index (χ4n) is 4.88. The Balaban J connectivity index is 1.35. The van der Waals surface area contributed by atoms with Crippen LogP contribution in [0.3, 0.4) is 0 Å². The van der Waals surface area contributed by atoms with Gasteiger partial charge in [-0.3, -0.25) is 9.78 Å². The molecule has 6 nitrogen and oxygen atoms in total. The maximum atomic E-state index is 15.4. The molecule has 3 heterocycles. The molecule has 0 aliphatic carbocycles. The van der Waals surface area contributed by atoms with Crippen molar-refractivity contribution in [2.45, 2.75) is 36.9 Å². The number of methoxy groups -OCH3 is 1. The van der Waals surface area contributed by atoms with E-state index < -0.39 is 12.1 Å². The number of hydrogen-bond acceptors (Lipinski definition) is 6. The van der Waals surface area contributed by atoms with E-state index in [1.54, 1.807) is 37.4 Å². The molecule has 3 atom stereocenters. The Morgan fingerprint density at radius 2 is 2.24 bits per heavy atom. The lowest BCUT2D eigenvalue weighted by molar-refractivity contribution is -0.139. The number of carbonyl (C=O) groups is 1. The molecule has 0 bridgehead atoms. The Kier molecular flexibility index (Phi) is 8.45. The van der Waals surface area contributed by atoms with Gasteiger partial charge in [-0.1, -0.05) is 11.8 Å². The van der Waals surface area contributed by atoms with Crippen LogP contribution in [-0.4, -0.2) is 53.5 Å². The molecule has 0 saturated carbocycles. The fourth-order valence-corrected chi connectivity index (χ4v) is 5.73. The summed E-state index contributed by atoms with van der Waals surface area (Å²) in [6.07, 6.45) is 4.22. The zero-order valence-electron chi connectivity index (χ0n) is 19.4. The second kappa shape index (κ2) is 11.7. The first kappa shape index (κ1) is 24.5. The first-order valence-corrected chi connectivity index (χ1v) is 12.7. The van der Waals surface area contributed by atoms with Gasteiger partial charge >= 0.3 is 5.97 Å². The van der Waals surface area contributed by atoms with Crippen LogP contribution in [0.2, 0.25) is 0 Å². The first-order valence-electron chi connectivity index (χ1n) is 11.7. The Bertz CT molecular complexity index is 1080. The van der Waals surface area contributed by atoms with Crippen LogP contribution in [0.1, 0.15) is 37.4 Å². The molecule has 0 spiro atoms. The Labute approximate surface area is 203 Å². The van der Waals surface area contributed by atoms with Gasteiger partial charge in [0.25, 0.3) is 0 Å². The summed E-state index contributed by atoms with van der Waals surface area (Å²) in [5.74, 6) is 1.01. The molecule has 182 valence electrons. The van der Waals surface area contributed by atoms with Crippen LogP contribution in [-0.2, 0) is 4.79 Å². The molecule has 1 aromatic carbocycles. The summed E-state index contributed by atoms with van der Waals surface area (Å²) in [5.41, 5.74) is 1.36. The Hall–Kier alpha value is -2.58. The summed E-state index contributed by atoms with van der Waals surface area (Å²) in [6.45, 7) is 2.53. The van der Waals surface area contributed by atoms with Gasteiger partial charge in [0, 0.05) is 36.8 Å². The molecular weight excluding hydrogens is 455 g/mol. The van der Waals surface area contributed by atoms with Crippen molar-refractivity contribution in [1.29, 1.82) is 0 Å². The summed E-state index contributed by atoms with van der Waals surface area (Å²) >= 11 is 1.66. The highest BCUT2D eigenvalue weighted by Gasteiger charge is 2.31. The lowest BCUT2D eigenvalue weighted by atomic mass is 9.79. The molecular formula is C26H31FN2O4S. The minimum absolute atomic E-state index is 0.0290. The number of thioether (sulfide) groups is 1. The SMILES string of the molecule is COc1ccc2nccc(C(F)CC[C@@H]3CCN(CCSc4ccco4)C[C@@H]3CC(=O)O)c2c1. The van der Waals surface area contributed by atoms with E-state index in [1.807, 2.05) is 30.3 Å². The predicted octanol–water partition coefficient (Wildman–Crippen LogP) is 5.83. The smallest absolute Gasteiger partial charge is 0.303 e. The van der Waals surface area contributed by atoms with Crippen LogP contribution >= 0.6 is 11.8 Å². The number of piperidine rings is 1. The van der Waals surface area contributed by atoms with Crippen molar-refractivity contribution in [3.8, 4) is 5.75 Å². The number of ether oxygens (including phenoxy) is 1. The molecule has 4 rings (SSSR count). The molecule has 1 unspecified atom stereocenters. The third-order valence-electron chi connectivity index (χ3n) is 6.67. The summed E-state index contributed by atoms with van der Waals surface area (Å²) in [4.78, 5) is 18.2. The fraction of sp³-hybridized carbons (Fsp3) is 0.462. The second-order valence-electron chi connectivity index (χ2n) is 8.82. The number of benzene rings is 1. The van der Waals surface area contributed by atoms with E-state index in [2.05, 4.69) is 9.88 Å². The number of hydrogen-bond donors (Lipinski definition) is 1. The normalized spacial score (nSPS) is 19.8. The third kappa shape index (κ3) is 6.30. The van der Waals surface area contributed by atoms with Crippen molar-refractivity contribution in [1.82, 2.24) is 9.88 Å². The number of rotatable bonds is 11. The van der Waals surface area contributed by atoms with Crippen molar-refractivity contribution < 1.29 is 23.4 Å². The molecule has 0 amide bonds. The van der Waals surface area contributed by atoms with E-state index in [1.165, 1.54) is 0 Å². The first-order chi connectivity index (χ1) is 16.5. The average molecular weight is 487 g/mol. The topological polar surface area (TPSA) is 75.8 Å². The van der Waals surface area contributed by atoms with E-state index in [-0.39, 0.29) is 18.3 Å². The number of likely N-dealkylation sites (tertiary alicyclic amines) is 1. The number of aliphatic carboxylic acids is 1. The zero-order valence-corrected chi connectivity index (χ0v) is 20.2. The third-order valence-corrected chi connectivity index (χ3v) is 7.57. The molecule has 1 fully saturated rings. The number of aromatic nitrogens is 1. The van der Waals surface area contributed by atoms with Gasteiger partial charge < -0.3 is 19.2 Å². The van der Waals surface area contributed by atoms with E-state index in [0.29, 0.717) is 24.2 Å². The lowest BCUT2D eigenvalue weighted by Crippen LogP contribution is -2.42. The Morgan fingerprint density at radius 1 is 1.35 bits per heavy atom. The van der Waals surface area contributed by atoms with E-state index in [4.69, 9.17) is 9.15 Å². The van der Waals surface area contributed by atoms with Gasteiger partial charge in [-0.25, -0.2) is 4.39 Å². The number of nitrogens with zero attached hydrogens (tertiary/aromatic N) is 2. The van der Waals surface area contributed by atoms with Crippen LogP contribution in [0, 0.1) is 11.8 Å². The zero-order chi connectivity index (χ0) is 23.9. The predicted molar refractivity (Wildman–Crippen MR) is 131 cm³/mol. The number of carboxylic acids is 1. The summed E-state index contributed by atoms with van der Waals surface area (Å²) in [5, 5.41) is 11.1. The largest absolute Gasteiger partial charge is 0.497 e.